The molecule has 0 saturated heterocycles. The average molecular weight is 411 g/mol. The van der Waals surface area contributed by atoms with E-state index >= 15 is 0 Å². The second kappa shape index (κ2) is 10.4. The maximum Gasteiger partial charge on any atom is 0.416 e. The third-order valence-corrected chi connectivity index (χ3v) is 5.45. The molecule has 1 aromatic rings. The van der Waals surface area contributed by atoms with Gasteiger partial charge in [-0.3, -0.25) is 0 Å². The molecule has 0 saturated carbocycles. The largest absolute Gasteiger partial charge is 0.492 e. The lowest BCUT2D eigenvalue weighted by Crippen LogP contribution is -2.39. The molecule has 0 bridgehead atoms. The van der Waals surface area contributed by atoms with Crippen LogP contribution in [-0.4, -0.2) is 57.8 Å². The Bertz CT molecular complexity index is 711. The third kappa shape index (κ3) is 8.48. The maximum atomic E-state index is 12.6. The molecule has 0 aromatic heterocycles. The van der Waals surface area contributed by atoms with Gasteiger partial charge in [0.05, 0.1) is 17.9 Å². The Balaban J connectivity index is 2.21. The van der Waals surface area contributed by atoms with Gasteiger partial charge >= 0.3 is 12.2 Å². The van der Waals surface area contributed by atoms with Crippen molar-refractivity contribution in [1.82, 2.24) is 14.9 Å². The smallest absolute Gasteiger partial charge is 0.416 e. The predicted octanol–water partition coefficient (Wildman–Crippen LogP) is 2.05. The Morgan fingerprint density at radius 1 is 1.22 bits per heavy atom. The van der Waals surface area contributed by atoms with Gasteiger partial charge in [0.2, 0.25) is 10.0 Å². The highest BCUT2D eigenvalue weighted by atomic mass is 32.2. The number of hydrogen-bond acceptors (Lipinski definition) is 4. The highest BCUT2D eigenvalue weighted by molar-refractivity contribution is 7.89. The summed E-state index contributed by atoms with van der Waals surface area (Å²) in [7, 11) is -1.76. The van der Waals surface area contributed by atoms with Crippen LogP contribution in [-0.2, 0) is 16.2 Å². The van der Waals surface area contributed by atoms with Crippen LogP contribution >= 0.6 is 0 Å². The third-order valence-electron chi connectivity index (χ3n) is 3.59. The van der Waals surface area contributed by atoms with E-state index in [-0.39, 0.29) is 37.7 Å². The molecule has 0 aliphatic rings. The molecule has 1 rings (SSSR count). The standard InChI is InChI=1S/C16H24F3N3O4S/c1-3-27(24,25)22(2)10-5-8-20-15(23)21-9-11-26-14-7-4-6-13(12-14)16(17,18)19/h4,6-7,12H,3,5,8-11H2,1-2H3,(H2,20,21,23). The molecule has 0 spiro atoms. The van der Waals surface area contributed by atoms with Crippen molar-refractivity contribution in [3.8, 4) is 5.75 Å². The van der Waals surface area contributed by atoms with Gasteiger partial charge in [-0.15, -0.1) is 0 Å². The van der Waals surface area contributed by atoms with Crippen LogP contribution in [0.15, 0.2) is 24.3 Å². The van der Waals surface area contributed by atoms with E-state index in [0.29, 0.717) is 6.42 Å². The van der Waals surface area contributed by atoms with Crippen LogP contribution in [0.4, 0.5) is 18.0 Å². The average Bonchev–Trinajstić information content (AvgIpc) is 2.61. The summed E-state index contributed by atoms with van der Waals surface area (Å²) in [6.07, 6.45) is -3.99. The van der Waals surface area contributed by atoms with Crippen LogP contribution in [0, 0.1) is 0 Å². The van der Waals surface area contributed by atoms with E-state index in [9.17, 15) is 26.4 Å². The summed E-state index contributed by atoms with van der Waals surface area (Å²) in [6.45, 7) is 2.23. The Morgan fingerprint density at radius 2 is 1.89 bits per heavy atom. The number of sulfonamides is 1. The molecule has 0 aliphatic heterocycles. The Kier molecular flexibility index (Phi) is 8.83. The maximum absolute atomic E-state index is 12.6. The quantitative estimate of drug-likeness (QED) is 0.577. The summed E-state index contributed by atoms with van der Waals surface area (Å²) < 4.78 is 67.3. The number of alkyl halides is 3. The van der Waals surface area contributed by atoms with Gasteiger partial charge in [-0.1, -0.05) is 6.07 Å². The molecule has 1 aromatic carbocycles. The molecule has 0 atom stereocenters. The Morgan fingerprint density at radius 3 is 2.52 bits per heavy atom. The second-order valence-corrected chi connectivity index (χ2v) is 8.00. The second-order valence-electron chi connectivity index (χ2n) is 5.63. The van der Waals surface area contributed by atoms with Crippen molar-refractivity contribution in [2.24, 2.45) is 0 Å². The molecule has 154 valence electrons. The molecule has 0 fully saturated rings. The highest BCUT2D eigenvalue weighted by Crippen LogP contribution is 2.31. The van der Waals surface area contributed by atoms with Gasteiger partial charge in [-0.05, 0) is 31.5 Å². The van der Waals surface area contributed by atoms with Crippen LogP contribution in [0.3, 0.4) is 0 Å². The predicted molar refractivity (Wildman–Crippen MR) is 95.0 cm³/mol. The Hall–Kier alpha value is -2.01. The number of amides is 2. The van der Waals surface area contributed by atoms with Crippen molar-refractivity contribution in [2.45, 2.75) is 19.5 Å². The molecular weight excluding hydrogens is 387 g/mol. The van der Waals surface area contributed by atoms with Gasteiger partial charge in [-0.25, -0.2) is 17.5 Å². The molecular formula is C16H24F3N3O4S. The summed E-state index contributed by atoms with van der Waals surface area (Å²) in [5, 5.41) is 5.06. The first kappa shape index (κ1) is 23.0. The molecule has 0 heterocycles. The number of ether oxygens (including phenoxy) is 1. The number of carbonyl (C=O) groups excluding carboxylic acids is 1. The summed E-state index contributed by atoms with van der Waals surface area (Å²) in [6, 6.07) is 4.01. The monoisotopic (exact) mass is 411 g/mol. The number of hydrogen-bond donors (Lipinski definition) is 2. The van der Waals surface area contributed by atoms with Crippen molar-refractivity contribution < 1.29 is 31.1 Å². The number of nitrogens with zero attached hydrogens (tertiary/aromatic N) is 1. The van der Waals surface area contributed by atoms with Crippen LogP contribution < -0.4 is 15.4 Å². The van der Waals surface area contributed by atoms with Gasteiger partial charge in [-0.2, -0.15) is 13.2 Å². The zero-order valence-electron chi connectivity index (χ0n) is 15.2. The van der Waals surface area contributed by atoms with Crippen molar-refractivity contribution in [1.29, 1.82) is 0 Å². The van der Waals surface area contributed by atoms with E-state index in [0.717, 1.165) is 12.1 Å². The summed E-state index contributed by atoms with van der Waals surface area (Å²) >= 11 is 0. The first-order chi connectivity index (χ1) is 12.6. The van der Waals surface area contributed by atoms with Crippen molar-refractivity contribution in [3.05, 3.63) is 29.8 Å². The van der Waals surface area contributed by atoms with E-state index < -0.39 is 27.8 Å². The molecule has 0 aliphatic carbocycles. The van der Waals surface area contributed by atoms with E-state index in [1.165, 1.54) is 23.5 Å². The highest BCUT2D eigenvalue weighted by Gasteiger charge is 2.30. The van der Waals surface area contributed by atoms with Crippen LogP contribution in [0.2, 0.25) is 0 Å². The number of halogens is 3. The van der Waals surface area contributed by atoms with Crippen molar-refractivity contribution >= 4 is 16.1 Å². The number of carbonyl (C=O) groups is 1. The Labute approximate surface area is 156 Å². The van der Waals surface area contributed by atoms with E-state index in [4.69, 9.17) is 4.74 Å². The van der Waals surface area contributed by atoms with Crippen LogP contribution in [0.1, 0.15) is 18.9 Å². The zero-order valence-corrected chi connectivity index (χ0v) is 16.0. The fourth-order valence-electron chi connectivity index (χ4n) is 2.02. The lowest BCUT2D eigenvalue weighted by Gasteiger charge is -2.16. The molecule has 11 heteroatoms. The van der Waals surface area contributed by atoms with Crippen molar-refractivity contribution in [3.63, 3.8) is 0 Å². The minimum atomic E-state index is -4.44. The first-order valence-electron chi connectivity index (χ1n) is 8.32. The van der Waals surface area contributed by atoms with E-state index in [1.807, 2.05) is 0 Å². The first-order valence-corrected chi connectivity index (χ1v) is 9.93. The normalized spacial score (nSPS) is 12.1. The molecule has 7 nitrogen and oxygen atoms in total. The number of benzene rings is 1. The minimum Gasteiger partial charge on any atom is -0.492 e. The van der Waals surface area contributed by atoms with Gasteiger partial charge < -0.3 is 15.4 Å². The molecule has 27 heavy (non-hydrogen) atoms. The van der Waals surface area contributed by atoms with Crippen LogP contribution in [0.25, 0.3) is 0 Å². The molecule has 2 N–H and O–H groups in total. The van der Waals surface area contributed by atoms with Gasteiger partial charge in [0.25, 0.3) is 0 Å². The SMILES string of the molecule is CCS(=O)(=O)N(C)CCCNC(=O)NCCOc1cccc(C(F)(F)F)c1. The van der Waals surface area contributed by atoms with E-state index in [1.54, 1.807) is 6.92 Å². The van der Waals surface area contributed by atoms with Crippen LogP contribution in [0.5, 0.6) is 5.75 Å². The molecule has 2 amide bonds. The van der Waals surface area contributed by atoms with Crippen molar-refractivity contribution in [2.75, 3.05) is 39.0 Å². The zero-order chi connectivity index (χ0) is 20.5. The number of rotatable bonds is 10. The molecule has 0 radical (unpaired) electrons. The topological polar surface area (TPSA) is 87.7 Å². The number of nitrogens with one attached hydrogen (secondary N) is 2. The number of urea groups is 1. The fourth-order valence-corrected chi connectivity index (χ4v) is 2.87. The van der Waals surface area contributed by atoms with E-state index in [2.05, 4.69) is 10.6 Å². The summed E-state index contributed by atoms with van der Waals surface area (Å²) in [5.41, 5.74) is -0.805. The fraction of sp³-hybridized carbons (Fsp3) is 0.562. The van der Waals surface area contributed by atoms with Gasteiger partial charge in [0, 0.05) is 20.1 Å². The molecule has 0 unspecified atom stereocenters. The lowest BCUT2D eigenvalue weighted by atomic mass is 10.2. The van der Waals surface area contributed by atoms with Gasteiger partial charge in [0.1, 0.15) is 12.4 Å². The minimum absolute atomic E-state index is 0.00616. The van der Waals surface area contributed by atoms with Gasteiger partial charge in [0.15, 0.2) is 0 Å². The lowest BCUT2D eigenvalue weighted by molar-refractivity contribution is -0.137. The summed E-state index contributed by atoms with van der Waals surface area (Å²) in [5.74, 6) is 0.0794. The summed E-state index contributed by atoms with van der Waals surface area (Å²) in [4.78, 5) is 11.6.